The zero-order chi connectivity index (χ0) is 13.6. The smallest absolute Gasteiger partial charge is 0.326 e. The summed E-state index contributed by atoms with van der Waals surface area (Å²) in [5.74, 6) is -3.58. The van der Waals surface area contributed by atoms with Gasteiger partial charge >= 0.3 is 11.9 Å². The molecule has 0 spiro atoms. The van der Waals surface area contributed by atoms with Gasteiger partial charge in [-0.25, -0.2) is 4.79 Å². The summed E-state index contributed by atoms with van der Waals surface area (Å²) in [5, 5.41) is 28.5. The Kier molecular flexibility index (Phi) is 6.19. The summed E-state index contributed by atoms with van der Waals surface area (Å²) in [7, 11) is 0. The second-order valence-corrected chi connectivity index (χ2v) is 4.14. The predicted octanol–water partition coefficient (Wildman–Crippen LogP) is -0.562. The van der Waals surface area contributed by atoms with Crippen LogP contribution in [-0.4, -0.2) is 45.3 Å². The Bertz CT molecular complexity index is 301. The van der Waals surface area contributed by atoms with E-state index in [0.717, 1.165) is 0 Å². The number of aliphatic hydroxyl groups is 1. The van der Waals surface area contributed by atoms with E-state index in [0.29, 0.717) is 0 Å². The van der Waals surface area contributed by atoms with Gasteiger partial charge < -0.3 is 20.6 Å². The molecule has 0 saturated heterocycles. The Morgan fingerprint density at radius 3 is 2.06 bits per heavy atom. The van der Waals surface area contributed by atoms with Gasteiger partial charge in [0.1, 0.15) is 12.1 Å². The molecule has 0 aromatic heterocycles. The van der Waals surface area contributed by atoms with Crippen LogP contribution in [0.3, 0.4) is 0 Å². The van der Waals surface area contributed by atoms with E-state index in [1.165, 1.54) is 0 Å². The molecule has 0 radical (unpaired) electrons. The van der Waals surface area contributed by atoms with Gasteiger partial charge in [-0.3, -0.25) is 9.59 Å². The van der Waals surface area contributed by atoms with E-state index >= 15 is 0 Å². The van der Waals surface area contributed by atoms with Crippen molar-refractivity contribution in [1.29, 1.82) is 0 Å². The van der Waals surface area contributed by atoms with Crippen molar-refractivity contribution in [3.63, 3.8) is 0 Å². The topological polar surface area (TPSA) is 124 Å². The first-order valence-corrected chi connectivity index (χ1v) is 5.17. The highest BCUT2D eigenvalue weighted by Crippen LogP contribution is 2.05. The second kappa shape index (κ2) is 6.85. The third kappa shape index (κ3) is 6.52. The molecule has 4 N–H and O–H groups in total. The van der Waals surface area contributed by atoms with E-state index in [4.69, 9.17) is 10.2 Å². The summed E-state index contributed by atoms with van der Waals surface area (Å²) in [6.45, 7) is 3.59. The minimum absolute atomic E-state index is 0.0681. The molecule has 0 fully saturated rings. The minimum Gasteiger partial charge on any atom is -0.481 e. The lowest BCUT2D eigenvalue weighted by Gasteiger charge is -2.16. The maximum Gasteiger partial charge on any atom is 0.326 e. The first kappa shape index (κ1) is 15.4. The van der Waals surface area contributed by atoms with Crippen LogP contribution in [0, 0.1) is 5.92 Å². The standard InChI is InChI=1S/C10H17NO6/c1-5(2)3-7(12)9(15)11-6(10(16)17)4-8(13)14/h5-7,12H,3-4H2,1-2H3,(H,11,15)(H,13,14)(H,16,17)/t6-,7+/m0/s1. The van der Waals surface area contributed by atoms with E-state index in [2.05, 4.69) is 0 Å². The average Bonchev–Trinajstić information content (AvgIpc) is 2.14. The van der Waals surface area contributed by atoms with Crippen LogP contribution in [0.2, 0.25) is 0 Å². The number of amides is 1. The molecule has 7 heteroatoms. The zero-order valence-electron chi connectivity index (χ0n) is 9.71. The van der Waals surface area contributed by atoms with Gasteiger partial charge in [-0.2, -0.15) is 0 Å². The van der Waals surface area contributed by atoms with Crippen molar-refractivity contribution >= 4 is 17.8 Å². The average molecular weight is 247 g/mol. The van der Waals surface area contributed by atoms with Crippen molar-refractivity contribution in [2.75, 3.05) is 0 Å². The Morgan fingerprint density at radius 1 is 1.18 bits per heavy atom. The van der Waals surface area contributed by atoms with Gasteiger partial charge in [0.05, 0.1) is 6.42 Å². The monoisotopic (exact) mass is 247 g/mol. The molecule has 98 valence electrons. The van der Waals surface area contributed by atoms with Crippen molar-refractivity contribution in [3.8, 4) is 0 Å². The summed E-state index contributed by atoms with van der Waals surface area (Å²) >= 11 is 0. The number of carbonyl (C=O) groups is 3. The Balaban J connectivity index is 4.39. The maximum atomic E-state index is 11.4. The third-order valence-corrected chi connectivity index (χ3v) is 1.99. The van der Waals surface area contributed by atoms with Crippen molar-refractivity contribution in [2.45, 2.75) is 38.8 Å². The van der Waals surface area contributed by atoms with Crippen LogP contribution in [0.4, 0.5) is 0 Å². The molecular weight excluding hydrogens is 230 g/mol. The molecule has 0 aliphatic carbocycles. The second-order valence-electron chi connectivity index (χ2n) is 4.14. The fourth-order valence-electron chi connectivity index (χ4n) is 1.20. The van der Waals surface area contributed by atoms with Gasteiger partial charge in [0.2, 0.25) is 5.91 Å². The molecular formula is C10H17NO6. The highest BCUT2D eigenvalue weighted by Gasteiger charge is 2.26. The number of carboxylic acids is 2. The van der Waals surface area contributed by atoms with Crippen LogP contribution in [0.5, 0.6) is 0 Å². The summed E-state index contributed by atoms with van der Waals surface area (Å²) in [6.07, 6.45) is -1.87. The lowest BCUT2D eigenvalue weighted by Crippen LogP contribution is -2.46. The third-order valence-electron chi connectivity index (χ3n) is 1.99. The number of hydrogen-bond acceptors (Lipinski definition) is 4. The summed E-state index contributed by atoms with van der Waals surface area (Å²) < 4.78 is 0. The zero-order valence-corrected chi connectivity index (χ0v) is 9.71. The summed E-state index contributed by atoms with van der Waals surface area (Å²) in [5.41, 5.74) is 0. The molecule has 2 atom stereocenters. The van der Waals surface area contributed by atoms with Crippen LogP contribution >= 0.6 is 0 Å². The van der Waals surface area contributed by atoms with Crippen molar-refractivity contribution < 1.29 is 29.7 Å². The molecule has 0 aromatic carbocycles. The molecule has 1 amide bonds. The molecule has 0 bridgehead atoms. The molecule has 7 nitrogen and oxygen atoms in total. The maximum absolute atomic E-state index is 11.4. The fraction of sp³-hybridized carbons (Fsp3) is 0.700. The molecule has 0 aliphatic heterocycles. The lowest BCUT2D eigenvalue weighted by atomic mass is 10.1. The van der Waals surface area contributed by atoms with Gasteiger partial charge in [0, 0.05) is 0 Å². The molecule has 17 heavy (non-hydrogen) atoms. The predicted molar refractivity (Wildman–Crippen MR) is 57.3 cm³/mol. The van der Waals surface area contributed by atoms with Gasteiger partial charge in [0.25, 0.3) is 0 Å². The number of rotatable bonds is 7. The van der Waals surface area contributed by atoms with E-state index in [9.17, 15) is 19.5 Å². The molecule has 0 heterocycles. The molecule has 0 aromatic rings. The van der Waals surface area contributed by atoms with Gasteiger partial charge in [-0.1, -0.05) is 13.8 Å². The molecule has 0 rings (SSSR count). The normalized spacial score (nSPS) is 14.1. The summed E-state index contributed by atoms with van der Waals surface area (Å²) in [4.78, 5) is 32.4. The Labute approximate surface area is 98.4 Å². The number of aliphatic hydroxyl groups excluding tert-OH is 1. The van der Waals surface area contributed by atoms with Gasteiger partial charge in [0.15, 0.2) is 0 Å². The molecule has 0 saturated carbocycles. The quantitative estimate of drug-likeness (QED) is 0.478. The lowest BCUT2D eigenvalue weighted by molar-refractivity contribution is -0.148. The molecule has 0 unspecified atom stereocenters. The van der Waals surface area contributed by atoms with Crippen molar-refractivity contribution in [1.82, 2.24) is 5.32 Å². The highest BCUT2D eigenvalue weighted by atomic mass is 16.4. The van der Waals surface area contributed by atoms with Crippen LogP contribution in [0.15, 0.2) is 0 Å². The van der Waals surface area contributed by atoms with Crippen molar-refractivity contribution in [3.05, 3.63) is 0 Å². The van der Waals surface area contributed by atoms with E-state index in [1.807, 2.05) is 5.32 Å². The fourth-order valence-corrected chi connectivity index (χ4v) is 1.20. The number of aliphatic carboxylic acids is 2. The van der Waals surface area contributed by atoms with Crippen LogP contribution in [0.1, 0.15) is 26.7 Å². The number of hydrogen-bond donors (Lipinski definition) is 4. The first-order valence-electron chi connectivity index (χ1n) is 5.17. The van der Waals surface area contributed by atoms with E-state index in [-0.39, 0.29) is 12.3 Å². The number of nitrogens with one attached hydrogen (secondary N) is 1. The van der Waals surface area contributed by atoms with E-state index in [1.54, 1.807) is 13.8 Å². The Morgan fingerprint density at radius 2 is 1.71 bits per heavy atom. The van der Waals surface area contributed by atoms with Gasteiger partial charge in [-0.05, 0) is 12.3 Å². The minimum atomic E-state index is -1.53. The van der Waals surface area contributed by atoms with Crippen LogP contribution in [-0.2, 0) is 14.4 Å². The van der Waals surface area contributed by atoms with E-state index < -0.39 is 36.4 Å². The number of carbonyl (C=O) groups excluding carboxylic acids is 1. The van der Waals surface area contributed by atoms with Crippen LogP contribution < -0.4 is 5.32 Å². The SMILES string of the molecule is CC(C)C[C@@H](O)C(=O)N[C@@H](CC(=O)O)C(=O)O. The van der Waals surface area contributed by atoms with Crippen LogP contribution in [0.25, 0.3) is 0 Å². The largest absolute Gasteiger partial charge is 0.481 e. The number of carboxylic acid groups (broad SMARTS) is 2. The Hall–Kier alpha value is -1.63. The van der Waals surface area contributed by atoms with Gasteiger partial charge in [-0.15, -0.1) is 0 Å². The van der Waals surface area contributed by atoms with Crippen molar-refractivity contribution in [2.24, 2.45) is 5.92 Å². The molecule has 0 aliphatic rings. The highest BCUT2D eigenvalue weighted by molar-refractivity contribution is 5.88. The summed E-state index contributed by atoms with van der Waals surface area (Å²) in [6, 6.07) is -1.53. The first-order chi connectivity index (χ1) is 7.73.